The minimum Gasteiger partial charge on any atom is -0.462 e. The highest BCUT2D eigenvalue weighted by Crippen LogP contribution is 2.15. The first kappa shape index (κ1) is 19.7. The molecule has 3 rings (SSSR count). The predicted molar refractivity (Wildman–Crippen MR) is 103 cm³/mol. The second-order valence-electron chi connectivity index (χ2n) is 5.94. The van der Waals surface area contributed by atoms with Crippen LogP contribution in [0.1, 0.15) is 27.8 Å². The van der Waals surface area contributed by atoms with Crippen LogP contribution in [-0.2, 0) is 16.1 Å². The van der Waals surface area contributed by atoms with Crippen LogP contribution in [0.5, 0.6) is 5.75 Å². The molecular formula is C20H17N3O6. The number of aromatic nitrogens is 2. The van der Waals surface area contributed by atoms with Crippen LogP contribution in [0.15, 0.2) is 53.3 Å². The van der Waals surface area contributed by atoms with Crippen LogP contribution in [0.3, 0.4) is 0 Å². The summed E-state index contributed by atoms with van der Waals surface area (Å²) < 4.78 is 10.9. The molecule has 29 heavy (non-hydrogen) atoms. The zero-order valence-corrected chi connectivity index (χ0v) is 15.5. The van der Waals surface area contributed by atoms with Gasteiger partial charge in [-0.1, -0.05) is 18.2 Å². The van der Waals surface area contributed by atoms with E-state index in [-0.39, 0.29) is 23.4 Å². The number of fused-ring (bicyclic) bond motifs is 1. The summed E-state index contributed by atoms with van der Waals surface area (Å²) in [5.41, 5.74) is 4.98. The van der Waals surface area contributed by atoms with Crippen molar-refractivity contribution in [2.24, 2.45) is 5.73 Å². The van der Waals surface area contributed by atoms with Crippen molar-refractivity contribution in [1.29, 1.82) is 0 Å². The van der Waals surface area contributed by atoms with Crippen molar-refractivity contribution in [3.05, 3.63) is 70.1 Å². The summed E-state index contributed by atoms with van der Waals surface area (Å²) in [6.45, 7) is 1.42. The van der Waals surface area contributed by atoms with E-state index in [1.165, 1.54) is 30.3 Å². The number of carbonyl (C=O) groups excluding carboxylic acids is 3. The smallest absolute Gasteiger partial charge is 0.338 e. The molecule has 9 nitrogen and oxygen atoms in total. The fourth-order valence-electron chi connectivity index (χ4n) is 2.68. The van der Waals surface area contributed by atoms with Crippen molar-refractivity contribution in [3.63, 3.8) is 0 Å². The van der Waals surface area contributed by atoms with Crippen LogP contribution in [-0.4, -0.2) is 34.2 Å². The molecule has 0 fully saturated rings. The van der Waals surface area contributed by atoms with Crippen LogP contribution in [0.4, 0.5) is 0 Å². The van der Waals surface area contributed by atoms with E-state index in [0.717, 1.165) is 4.68 Å². The quantitative estimate of drug-likeness (QED) is 0.491. The summed E-state index contributed by atoms with van der Waals surface area (Å²) in [5.74, 6) is -1.92. The molecule has 2 aromatic carbocycles. The van der Waals surface area contributed by atoms with Crippen molar-refractivity contribution in [1.82, 2.24) is 9.78 Å². The van der Waals surface area contributed by atoms with Crippen LogP contribution in [0.2, 0.25) is 0 Å². The molecule has 0 aliphatic heterocycles. The summed E-state index contributed by atoms with van der Waals surface area (Å²) in [4.78, 5) is 48.1. The molecule has 0 spiro atoms. The molecule has 0 aliphatic carbocycles. The lowest BCUT2D eigenvalue weighted by molar-refractivity contribution is -0.135. The number of nitrogens with two attached hydrogens (primary N) is 1. The van der Waals surface area contributed by atoms with Gasteiger partial charge in [-0.15, -0.1) is 0 Å². The van der Waals surface area contributed by atoms with Crippen LogP contribution in [0, 0.1) is 0 Å². The molecule has 148 valence electrons. The SMILES string of the molecule is CCOC(=O)c1ccc(OC(=O)Cn2nc(C(N)=O)c3ccccc3c2=O)cc1. The Bertz CT molecular complexity index is 1150. The minimum absolute atomic E-state index is 0.119. The average molecular weight is 395 g/mol. The maximum absolute atomic E-state index is 12.6. The largest absolute Gasteiger partial charge is 0.462 e. The highest BCUT2D eigenvalue weighted by molar-refractivity contribution is 6.04. The van der Waals surface area contributed by atoms with E-state index in [1.54, 1.807) is 25.1 Å². The number of hydrogen-bond acceptors (Lipinski definition) is 7. The highest BCUT2D eigenvalue weighted by atomic mass is 16.5. The Hall–Kier alpha value is -4.01. The predicted octanol–water partition coefficient (Wildman–Crippen LogP) is 1.28. The van der Waals surface area contributed by atoms with Gasteiger partial charge in [0.05, 0.1) is 17.6 Å². The second-order valence-corrected chi connectivity index (χ2v) is 5.94. The van der Waals surface area contributed by atoms with Crippen molar-refractivity contribution < 1.29 is 23.9 Å². The van der Waals surface area contributed by atoms with Gasteiger partial charge in [-0.05, 0) is 37.3 Å². The van der Waals surface area contributed by atoms with E-state index in [4.69, 9.17) is 15.2 Å². The Balaban J connectivity index is 1.81. The third kappa shape index (κ3) is 4.29. The highest BCUT2D eigenvalue weighted by Gasteiger charge is 2.17. The number of nitrogens with zero attached hydrogens (tertiary/aromatic N) is 2. The number of carbonyl (C=O) groups is 3. The molecule has 9 heteroatoms. The topological polar surface area (TPSA) is 131 Å². The summed E-state index contributed by atoms with van der Waals surface area (Å²) in [6.07, 6.45) is 0. The van der Waals surface area contributed by atoms with Gasteiger partial charge >= 0.3 is 11.9 Å². The summed E-state index contributed by atoms with van der Waals surface area (Å²) >= 11 is 0. The first-order valence-corrected chi connectivity index (χ1v) is 8.68. The summed E-state index contributed by atoms with van der Waals surface area (Å²) in [5, 5.41) is 4.43. The normalized spacial score (nSPS) is 10.5. The summed E-state index contributed by atoms with van der Waals surface area (Å²) in [6, 6.07) is 12.1. The number of amides is 1. The van der Waals surface area contributed by atoms with Gasteiger partial charge in [-0.2, -0.15) is 5.10 Å². The van der Waals surface area contributed by atoms with Crippen LogP contribution in [0.25, 0.3) is 10.8 Å². The van der Waals surface area contributed by atoms with Crippen molar-refractivity contribution in [2.75, 3.05) is 6.61 Å². The number of benzene rings is 2. The first-order valence-electron chi connectivity index (χ1n) is 8.68. The maximum atomic E-state index is 12.6. The molecule has 0 bridgehead atoms. The third-order valence-electron chi connectivity index (χ3n) is 3.98. The van der Waals surface area contributed by atoms with Gasteiger partial charge in [0.1, 0.15) is 12.3 Å². The monoisotopic (exact) mass is 395 g/mol. The fraction of sp³-hybridized carbons (Fsp3) is 0.150. The molecule has 0 saturated carbocycles. The van der Waals surface area contributed by atoms with Crippen molar-refractivity contribution in [2.45, 2.75) is 13.5 Å². The minimum atomic E-state index is -0.821. The Morgan fingerprint density at radius 3 is 2.31 bits per heavy atom. The van der Waals surface area contributed by atoms with Gasteiger partial charge in [0.2, 0.25) is 0 Å². The van der Waals surface area contributed by atoms with E-state index in [9.17, 15) is 19.2 Å². The zero-order valence-electron chi connectivity index (χ0n) is 15.5. The number of primary amides is 1. The Morgan fingerprint density at radius 2 is 1.69 bits per heavy atom. The summed E-state index contributed by atoms with van der Waals surface area (Å²) in [7, 11) is 0. The van der Waals surface area contributed by atoms with E-state index in [1.807, 2.05) is 0 Å². The van der Waals surface area contributed by atoms with Gasteiger partial charge in [-0.25, -0.2) is 14.3 Å². The zero-order chi connectivity index (χ0) is 21.0. The maximum Gasteiger partial charge on any atom is 0.338 e. The number of ether oxygens (including phenoxy) is 2. The first-order chi connectivity index (χ1) is 13.9. The molecule has 1 amide bonds. The average Bonchev–Trinajstić information content (AvgIpc) is 2.70. The molecule has 0 atom stereocenters. The number of hydrogen-bond donors (Lipinski definition) is 1. The number of rotatable bonds is 6. The van der Waals surface area contributed by atoms with Gasteiger partial charge in [0.15, 0.2) is 5.69 Å². The van der Waals surface area contributed by atoms with E-state index >= 15 is 0 Å². The fourth-order valence-corrected chi connectivity index (χ4v) is 2.68. The Morgan fingerprint density at radius 1 is 1.03 bits per heavy atom. The lowest BCUT2D eigenvalue weighted by atomic mass is 10.1. The van der Waals surface area contributed by atoms with Gasteiger partial charge in [-0.3, -0.25) is 9.59 Å². The lowest BCUT2D eigenvalue weighted by Gasteiger charge is -2.09. The van der Waals surface area contributed by atoms with E-state index in [2.05, 4.69) is 5.10 Å². The van der Waals surface area contributed by atoms with E-state index in [0.29, 0.717) is 10.9 Å². The number of esters is 2. The van der Waals surface area contributed by atoms with Crippen LogP contribution >= 0.6 is 0 Å². The lowest BCUT2D eigenvalue weighted by Crippen LogP contribution is -2.31. The van der Waals surface area contributed by atoms with Crippen molar-refractivity contribution >= 4 is 28.6 Å². The van der Waals surface area contributed by atoms with Gasteiger partial charge < -0.3 is 15.2 Å². The van der Waals surface area contributed by atoms with Gasteiger partial charge in [0.25, 0.3) is 11.5 Å². The molecule has 3 aromatic rings. The molecule has 0 aliphatic rings. The molecule has 1 heterocycles. The standard InChI is InChI=1S/C20H17N3O6/c1-2-28-20(27)12-7-9-13(10-8-12)29-16(24)11-23-19(26)15-6-4-3-5-14(15)17(22-23)18(21)25/h3-10H,2,11H2,1H3,(H2,21,25). The second kappa shape index (κ2) is 8.34. The van der Waals surface area contributed by atoms with Gasteiger partial charge in [0, 0.05) is 5.39 Å². The van der Waals surface area contributed by atoms with Crippen LogP contribution < -0.4 is 16.0 Å². The molecule has 0 saturated heterocycles. The van der Waals surface area contributed by atoms with Crippen molar-refractivity contribution in [3.8, 4) is 5.75 Å². The van der Waals surface area contributed by atoms with E-state index < -0.39 is 29.9 Å². The molecule has 0 radical (unpaired) electrons. The third-order valence-corrected chi connectivity index (χ3v) is 3.98. The molecule has 2 N–H and O–H groups in total. The molecular weight excluding hydrogens is 378 g/mol. The Kier molecular flexibility index (Phi) is 5.68. The Labute approximate surface area is 164 Å². The molecule has 1 aromatic heterocycles. The molecule has 0 unspecified atom stereocenters.